The molecule has 0 unspecified atom stereocenters. The van der Waals surface area contributed by atoms with Gasteiger partial charge in [-0.05, 0) is 29.5 Å². The number of hydrogen-bond donors (Lipinski definition) is 1. The van der Waals surface area contributed by atoms with Crippen LogP contribution in [0.2, 0.25) is 0 Å². The summed E-state index contributed by atoms with van der Waals surface area (Å²) in [4.78, 5) is 8.18. The van der Waals surface area contributed by atoms with Gasteiger partial charge in [-0.15, -0.1) is 0 Å². The lowest BCUT2D eigenvalue weighted by Crippen LogP contribution is -2.11. The summed E-state index contributed by atoms with van der Waals surface area (Å²) in [7, 11) is 0. The number of rotatable bonds is 5. The van der Waals surface area contributed by atoms with Crippen molar-refractivity contribution in [3.63, 3.8) is 0 Å². The van der Waals surface area contributed by atoms with Crippen LogP contribution in [0.25, 0.3) is 0 Å². The SMILES string of the molecule is CCOCCNc1ncc(I)cn1. The molecule has 1 heterocycles. The van der Waals surface area contributed by atoms with E-state index in [-0.39, 0.29) is 0 Å². The first-order valence-electron chi connectivity index (χ1n) is 4.12. The van der Waals surface area contributed by atoms with E-state index in [9.17, 15) is 0 Å². The lowest BCUT2D eigenvalue weighted by molar-refractivity contribution is 0.158. The largest absolute Gasteiger partial charge is 0.380 e. The Morgan fingerprint density at radius 1 is 1.46 bits per heavy atom. The van der Waals surface area contributed by atoms with Gasteiger partial charge in [-0.2, -0.15) is 0 Å². The molecule has 0 fully saturated rings. The molecule has 4 nitrogen and oxygen atoms in total. The van der Waals surface area contributed by atoms with Gasteiger partial charge in [-0.25, -0.2) is 9.97 Å². The molecular weight excluding hydrogens is 281 g/mol. The predicted molar refractivity (Wildman–Crippen MR) is 59.7 cm³/mol. The Morgan fingerprint density at radius 3 is 2.77 bits per heavy atom. The molecule has 72 valence electrons. The molecule has 0 bridgehead atoms. The number of hydrogen-bond acceptors (Lipinski definition) is 4. The van der Waals surface area contributed by atoms with Crippen LogP contribution in [0.4, 0.5) is 5.95 Å². The van der Waals surface area contributed by atoms with Gasteiger partial charge in [-0.1, -0.05) is 0 Å². The average Bonchev–Trinajstić information content (AvgIpc) is 2.15. The van der Waals surface area contributed by atoms with Crippen LogP contribution in [0.5, 0.6) is 0 Å². The van der Waals surface area contributed by atoms with Crippen molar-refractivity contribution in [2.75, 3.05) is 25.1 Å². The zero-order valence-corrected chi connectivity index (χ0v) is 9.61. The van der Waals surface area contributed by atoms with Crippen molar-refractivity contribution >= 4 is 28.5 Å². The fourth-order valence-electron chi connectivity index (χ4n) is 0.783. The molecule has 0 aliphatic heterocycles. The minimum Gasteiger partial charge on any atom is -0.380 e. The Morgan fingerprint density at radius 2 is 2.15 bits per heavy atom. The zero-order valence-electron chi connectivity index (χ0n) is 7.46. The number of halogens is 1. The summed E-state index contributed by atoms with van der Waals surface area (Å²) in [6.07, 6.45) is 3.55. The fourth-order valence-corrected chi connectivity index (χ4v) is 1.06. The predicted octanol–water partition coefficient (Wildman–Crippen LogP) is 1.53. The van der Waals surface area contributed by atoms with Crippen LogP contribution in [0.1, 0.15) is 6.92 Å². The van der Waals surface area contributed by atoms with Gasteiger partial charge < -0.3 is 10.1 Å². The third-order valence-corrected chi connectivity index (χ3v) is 1.91. The Hall–Kier alpha value is -0.430. The molecular formula is C8H12IN3O. The molecule has 5 heteroatoms. The van der Waals surface area contributed by atoms with E-state index in [0.29, 0.717) is 12.6 Å². The smallest absolute Gasteiger partial charge is 0.222 e. The molecule has 0 aliphatic rings. The summed E-state index contributed by atoms with van der Waals surface area (Å²) in [6, 6.07) is 0. The van der Waals surface area contributed by atoms with Crippen molar-refractivity contribution in [3.05, 3.63) is 16.0 Å². The normalized spacial score (nSPS) is 10.0. The molecule has 0 saturated heterocycles. The molecule has 0 amide bonds. The van der Waals surface area contributed by atoms with E-state index in [1.807, 2.05) is 6.92 Å². The van der Waals surface area contributed by atoms with Crippen molar-refractivity contribution in [2.24, 2.45) is 0 Å². The highest BCUT2D eigenvalue weighted by molar-refractivity contribution is 14.1. The van der Waals surface area contributed by atoms with Crippen LogP contribution in [0, 0.1) is 3.57 Å². The van der Waals surface area contributed by atoms with Crippen molar-refractivity contribution in [2.45, 2.75) is 6.92 Å². The quantitative estimate of drug-likeness (QED) is 0.660. The summed E-state index contributed by atoms with van der Waals surface area (Å²) in [5.74, 6) is 0.653. The van der Waals surface area contributed by atoms with Gasteiger partial charge >= 0.3 is 0 Å². The van der Waals surface area contributed by atoms with E-state index in [1.165, 1.54) is 0 Å². The van der Waals surface area contributed by atoms with Crippen molar-refractivity contribution in [1.82, 2.24) is 9.97 Å². The highest BCUT2D eigenvalue weighted by Gasteiger charge is 1.93. The maximum Gasteiger partial charge on any atom is 0.222 e. The second kappa shape index (κ2) is 6.09. The topological polar surface area (TPSA) is 47.0 Å². The van der Waals surface area contributed by atoms with E-state index < -0.39 is 0 Å². The Labute approximate surface area is 91.3 Å². The van der Waals surface area contributed by atoms with E-state index in [2.05, 4.69) is 37.9 Å². The monoisotopic (exact) mass is 293 g/mol. The zero-order chi connectivity index (χ0) is 9.52. The summed E-state index contributed by atoms with van der Waals surface area (Å²) >= 11 is 2.17. The Kier molecular flexibility index (Phi) is 4.99. The number of nitrogens with zero attached hydrogens (tertiary/aromatic N) is 2. The summed E-state index contributed by atoms with van der Waals surface area (Å²) in [5.41, 5.74) is 0. The molecule has 0 aromatic carbocycles. The lowest BCUT2D eigenvalue weighted by Gasteiger charge is -2.03. The third-order valence-electron chi connectivity index (χ3n) is 1.35. The Bertz CT molecular complexity index is 240. The summed E-state index contributed by atoms with van der Waals surface area (Å²) in [6.45, 7) is 4.15. The average molecular weight is 293 g/mol. The van der Waals surface area contributed by atoms with E-state index in [1.54, 1.807) is 12.4 Å². The maximum absolute atomic E-state index is 5.16. The van der Waals surface area contributed by atoms with Crippen LogP contribution in [0.15, 0.2) is 12.4 Å². The van der Waals surface area contributed by atoms with Crippen LogP contribution < -0.4 is 5.32 Å². The van der Waals surface area contributed by atoms with Crippen molar-refractivity contribution in [1.29, 1.82) is 0 Å². The highest BCUT2D eigenvalue weighted by Crippen LogP contribution is 2.01. The second-order valence-electron chi connectivity index (χ2n) is 2.35. The highest BCUT2D eigenvalue weighted by atomic mass is 127. The van der Waals surface area contributed by atoms with Crippen molar-refractivity contribution < 1.29 is 4.74 Å². The fraction of sp³-hybridized carbons (Fsp3) is 0.500. The van der Waals surface area contributed by atoms with Gasteiger partial charge in [0.2, 0.25) is 5.95 Å². The second-order valence-corrected chi connectivity index (χ2v) is 3.59. The Balaban J connectivity index is 2.25. The van der Waals surface area contributed by atoms with Gasteiger partial charge in [0.05, 0.1) is 6.61 Å². The molecule has 1 aromatic heterocycles. The standard InChI is InChI=1S/C8H12IN3O/c1-2-13-4-3-10-8-11-5-7(9)6-12-8/h5-6H,2-4H2,1H3,(H,10,11,12). The first-order chi connectivity index (χ1) is 6.33. The minimum absolute atomic E-state index is 0.653. The summed E-state index contributed by atoms with van der Waals surface area (Å²) in [5, 5.41) is 3.06. The molecule has 1 N–H and O–H groups in total. The van der Waals surface area contributed by atoms with Gasteiger partial charge in [-0.3, -0.25) is 0 Å². The van der Waals surface area contributed by atoms with Crippen LogP contribution in [-0.4, -0.2) is 29.7 Å². The molecule has 0 saturated carbocycles. The molecule has 0 radical (unpaired) electrons. The molecule has 0 atom stereocenters. The minimum atomic E-state index is 0.653. The van der Waals surface area contributed by atoms with Gasteiger partial charge in [0.1, 0.15) is 0 Å². The van der Waals surface area contributed by atoms with Crippen molar-refractivity contribution in [3.8, 4) is 0 Å². The molecule has 0 aliphatic carbocycles. The third kappa shape index (κ3) is 4.37. The number of nitrogens with one attached hydrogen (secondary N) is 1. The molecule has 1 aromatic rings. The lowest BCUT2D eigenvalue weighted by atomic mass is 10.6. The number of anilines is 1. The molecule has 1 rings (SSSR count). The first-order valence-corrected chi connectivity index (χ1v) is 5.20. The van der Waals surface area contributed by atoms with Gasteiger partial charge in [0.15, 0.2) is 0 Å². The number of aromatic nitrogens is 2. The summed E-state index contributed by atoms with van der Waals surface area (Å²) < 4.78 is 6.19. The molecule has 13 heavy (non-hydrogen) atoms. The van der Waals surface area contributed by atoms with E-state index >= 15 is 0 Å². The van der Waals surface area contributed by atoms with Crippen LogP contribution in [0.3, 0.4) is 0 Å². The molecule has 0 spiro atoms. The van der Waals surface area contributed by atoms with E-state index in [4.69, 9.17) is 4.74 Å². The number of ether oxygens (including phenoxy) is 1. The van der Waals surface area contributed by atoms with Crippen LogP contribution in [-0.2, 0) is 4.74 Å². The van der Waals surface area contributed by atoms with Crippen LogP contribution >= 0.6 is 22.6 Å². The first kappa shape index (κ1) is 10.6. The maximum atomic E-state index is 5.16. The van der Waals surface area contributed by atoms with Gasteiger partial charge in [0, 0.05) is 29.1 Å². The van der Waals surface area contributed by atoms with Gasteiger partial charge in [0.25, 0.3) is 0 Å². The van der Waals surface area contributed by atoms with E-state index in [0.717, 1.165) is 16.7 Å².